The van der Waals surface area contributed by atoms with Gasteiger partial charge in [0.2, 0.25) is 0 Å². The summed E-state index contributed by atoms with van der Waals surface area (Å²) in [6.07, 6.45) is 0.912. The van der Waals surface area contributed by atoms with E-state index in [1.54, 1.807) is 0 Å². The van der Waals surface area contributed by atoms with Gasteiger partial charge >= 0.3 is 0 Å². The Balaban J connectivity index is 1.96. The van der Waals surface area contributed by atoms with Gasteiger partial charge in [0.1, 0.15) is 5.82 Å². The highest BCUT2D eigenvalue weighted by Crippen LogP contribution is 2.40. The molecule has 0 saturated heterocycles. The number of rotatable bonds is 4. The molecule has 26 heavy (non-hydrogen) atoms. The predicted octanol–water partition coefficient (Wildman–Crippen LogP) is 3.89. The number of thioether (sulfide) groups is 1. The molecule has 1 N–H and O–H groups in total. The van der Waals surface area contributed by atoms with Crippen LogP contribution in [0.4, 0.5) is 5.82 Å². The maximum Gasteiger partial charge on any atom is 0.162 e. The van der Waals surface area contributed by atoms with E-state index < -0.39 is 0 Å². The summed E-state index contributed by atoms with van der Waals surface area (Å²) in [5.74, 6) is 2.64. The Kier molecular flexibility index (Phi) is 4.91. The Labute approximate surface area is 157 Å². The lowest BCUT2D eigenvalue weighted by molar-refractivity contribution is 0.303. The minimum atomic E-state index is 0.0985. The summed E-state index contributed by atoms with van der Waals surface area (Å²) in [5, 5.41) is 9.41. The van der Waals surface area contributed by atoms with E-state index in [1.807, 2.05) is 54.0 Å². The maximum absolute atomic E-state index is 9.41. The first kappa shape index (κ1) is 17.1. The molecule has 0 unspecified atom stereocenters. The van der Waals surface area contributed by atoms with Crippen LogP contribution in [0.15, 0.2) is 59.5 Å². The zero-order valence-corrected chi connectivity index (χ0v) is 15.5. The van der Waals surface area contributed by atoms with Crippen LogP contribution in [0.2, 0.25) is 0 Å². The second-order valence-electron chi connectivity index (χ2n) is 6.30. The molecule has 1 aliphatic heterocycles. The van der Waals surface area contributed by atoms with Crippen LogP contribution in [0.25, 0.3) is 22.6 Å². The zero-order valence-electron chi connectivity index (χ0n) is 14.7. The molecule has 0 radical (unpaired) electrons. The molecular formula is C21H21N3OS. The van der Waals surface area contributed by atoms with Crippen LogP contribution in [-0.2, 0) is 6.42 Å². The van der Waals surface area contributed by atoms with Gasteiger partial charge in [-0.1, -0.05) is 48.5 Å². The van der Waals surface area contributed by atoms with E-state index in [4.69, 9.17) is 9.97 Å². The second kappa shape index (κ2) is 7.48. The third-order valence-electron chi connectivity index (χ3n) is 4.57. The van der Waals surface area contributed by atoms with E-state index in [2.05, 4.69) is 24.3 Å². The van der Waals surface area contributed by atoms with Gasteiger partial charge in [-0.15, -0.1) is 11.8 Å². The normalized spacial score (nSPS) is 12.8. The number of nitrogens with zero attached hydrogens (tertiary/aromatic N) is 3. The highest BCUT2D eigenvalue weighted by molar-refractivity contribution is 7.99. The molecule has 2 heterocycles. The molecule has 1 aliphatic rings. The van der Waals surface area contributed by atoms with Crippen LogP contribution in [-0.4, -0.2) is 41.0 Å². The molecule has 1 aromatic heterocycles. The number of aliphatic hydroxyl groups excluding tert-OH is 1. The molecule has 4 nitrogen and oxygen atoms in total. The van der Waals surface area contributed by atoms with Crippen LogP contribution >= 0.6 is 11.8 Å². The number of likely N-dealkylation sites (N-methyl/N-ethyl adjacent to an activating group) is 1. The molecule has 0 atom stereocenters. The molecule has 0 fully saturated rings. The third kappa shape index (κ3) is 3.20. The SMILES string of the molecule is CN(CCO)c1nc(-c2ccccc2)nc2c1CCSc1ccccc1-2. The standard InChI is InChI=1S/C21H21N3OS/c1-24(12-13-25)21-17-11-14-26-18-10-6-5-9-16(18)19(17)22-20(23-21)15-7-3-2-4-8-15/h2-10,25H,11-14H2,1H3. The first-order chi connectivity index (χ1) is 12.8. The van der Waals surface area contributed by atoms with Crippen molar-refractivity contribution in [3.63, 3.8) is 0 Å². The van der Waals surface area contributed by atoms with Crippen LogP contribution in [0.5, 0.6) is 0 Å². The van der Waals surface area contributed by atoms with Gasteiger partial charge in [-0.05, 0) is 12.5 Å². The summed E-state index contributed by atoms with van der Waals surface area (Å²) in [4.78, 5) is 13.2. The van der Waals surface area contributed by atoms with Crippen molar-refractivity contribution in [2.24, 2.45) is 0 Å². The van der Waals surface area contributed by atoms with E-state index in [9.17, 15) is 5.11 Å². The van der Waals surface area contributed by atoms with E-state index in [0.29, 0.717) is 6.54 Å². The first-order valence-corrected chi connectivity index (χ1v) is 9.77. The highest BCUT2D eigenvalue weighted by atomic mass is 32.2. The molecule has 132 valence electrons. The Morgan fingerprint density at radius 1 is 1.04 bits per heavy atom. The highest BCUT2D eigenvalue weighted by Gasteiger charge is 2.23. The summed E-state index contributed by atoms with van der Waals surface area (Å²) < 4.78 is 0. The number of hydrogen-bond acceptors (Lipinski definition) is 5. The molecule has 5 heteroatoms. The van der Waals surface area contributed by atoms with Gasteiger partial charge in [-0.25, -0.2) is 9.97 Å². The largest absolute Gasteiger partial charge is 0.395 e. The first-order valence-electron chi connectivity index (χ1n) is 8.78. The van der Waals surface area contributed by atoms with Crippen molar-refractivity contribution in [2.45, 2.75) is 11.3 Å². The number of aliphatic hydroxyl groups is 1. The maximum atomic E-state index is 9.41. The number of fused-ring (bicyclic) bond motifs is 3. The number of hydrogen-bond donors (Lipinski definition) is 1. The van der Waals surface area contributed by atoms with Gasteiger partial charge in [0.15, 0.2) is 5.82 Å². The number of anilines is 1. The van der Waals surface area contributed by atoms with E-state index >= 15 is 0 Å². The van der Waals surface area contributed by atoms with Gasteiger partial charge < -0.3 is 10.0 Å². The minimum absolute atomic E-state index is 0.0985. The lowest BCUT2D eigenvalue weighted by Crippen LogP contribution is -2.24. The van der Waals surface area contributed by atoms with Crippen molar-refractivity contribution in [2.75, 3.05) is 30.9 Å². The van der Waals surface area contributed by atoms with Crippen LogP contribution in [0.3, 0.4) is 0 Å². The van der Waals surface area contributed by atoms with Crippen molar-refractivity contribution in [1.29, 1.82) is 0 Å². The Morgan fingerprint density at radius 2 is 1.81 bits per heavy atom. The van der Waals surface area contributed by atoms with Gasteiger partial charge in [0.05, 0.1) is 12.3 Å². The zero-order chi connectivity index (χ0) is 17.9. The quantitative estimate of drug-likeness (QED) is 0.762. The fourth-order valence-corrected chi connectivity index (χ4v) is 4.29. The monoisotopic (exact) mass is 363 g/mol. The number of benzene rings is 2. The topological polar surface area (TPSA) is 49.2 Å². The average molecular weight is 363 g/mol. The van der Waals surface area contributed by atoms with E-state index in [0.717, 1.165) is 40.6 Å². The summed E-state index contributed by atoms with van der Waals surface area (Å²) in [6.45, 7) is 0.647. The molecule has 3 aromatic rings. The van der Waals surface area contributed by atoms with Crippen molar-refractivity contribution >= 4 is 17.6 Å². The Bertz CT molecular complexity index is 914. The summed E-state index contributed by atoms with van der Waals surface area (Å²) >= 11 is 1.87. The Hall–Kier alpha value is -2.37. The fraction of sp³-hybridized carbons (Fsp3) is 0.238. The second-order valence-corrected chi connectivity index (χ2v) is 7.44. The van der Waals surface area contributed by atoms with E-state index in [1.165, 1.54) is 10.5 Å². The minimum Gasteiger partial charge on any atom is -0.395 e. The summed E-state index contributed by atoms with van der Waals surface area (Å²) in [6, 6.07) is 18.5. The van der Waals surface area contributed by atoms with Gasteiger partial charge in [0, 0.05) is 40.9 Å². The molecule has 0 spiro atoms. The molecular weight excluding hydrogens is 342 g/mol. The molecule has 0 bridgehead atoms. The molecule has 0 amide bonds. The number of aromatic nitrogens is 2. The van der Waals surface area contributed by atoms with Crippen molar-refractivity contribution in [1.82, 2.24) is 9.97 Å². The van der Waals surface area contributed by atoms with Gasteiger partial charge in [-0.2, -0.15) is 0 Å². The third-order valence-corrected chi connectivity index (χ3v) is 5.64. The van der Waals surface area contributed by atoms with Crippen LogP contribution in [0.1, 0.15) is 5.56 Å². The van der Waals surface area contributed by atoms with Gasteiger partial charge in [0.25, 0.3) is 0 Å². The van der Waals surface area contributed by atoms with Crippen molar-refractivity contribution in [3.8, 4) is 22.6 Å². The van der Waals surface area contributed by atoms with Crippen LogP contribution in [0, 0.1) is 0 Å². The average Bonchev–Trinajstić information content (AvgIpc) is 2.87. The summed E-state index contributed by atoms with van der Waals surface area (Å²) in [7, 11) is 1.98. The lowest BCUT2D eigenvalue weighted by Gasteiger charge is -2.22. The van der Waals surface area contributed by atoms with Crippen LogP contribution < -0.4 is 4.90 Å². The molecule has 2 aromatic carbocycles. The molecule has 0 aliphatic carbocycles. The Morgan fingerprint density at radius 3 is 2.62 bits per heavy atom. The van der Waals surface area contributed by atoms with Crippen molar-refractivity contribution < 1.29 is 5.11 Å². The van der Waals surface area contributed by atoms with Gasteiger partial charge in [-0.3, -0.25) is 0 Å². The summed E-state index contributed by atoms with van der Waals surface area (Å²) in [5.41, 5.74) is 4.35. The van der Waals surface area contributed by atoms with Crippen molar-refractivity contribution in [3.05, 3.63) is 60.2 Å². The predicted molar refractivity (Wildman–Crippen MR) is 108 cm³/mol. The molecule has 4 rings (SSSR count). The van der Waals surface area contributed by atoms with E-state index in [-0.39, 0.29) is 6.61 Å². The molecule has 0 saturated carbocycles. The smallest absolute Gasteiger partial charge is 0.162 e. The fourth-order valence-electron chi connectivity index (χ4n) is 3.26. The lowest BCUT2D eigenvalue weighted by atomic mass is 10.0.